The number of amides is 1. The standard InChI is InChI=1S/C17H21ClN2O2/c1-10-5-14(18)7-13-8-15(19-16(10)13)17(22)20-4-3-12(9-21)6-11(20)2/h5,7-8,11-12,19,21H,3-4,6,9H2,1-2H3/t11-,12-/m0/s1. The van der Waals surface area contributed by atoms with E-state index in [0.717, 1.165) is 29.3 Å². The van der Waals surface area contributed by atoms with Gasteiger partial charge in [-0.25, -0.2) is 0 Å². The highest BCUT2D eigenvalue weighted by atomic mass is 35.5. The molecule has 0 radical (unpaired) electrons. The minimum Gasteiger partial charge on any atom is -0.396 e. The van der Waals surface area contributed by atoms with Crippen LogP contribution in [-0.4, -0.2) is 40.1 Å². The monoisotopic (exact) mass is 320 g/mol. The molecule has 2 aromatic rings. The van der Waals surface area contributed by atoms with Gasteiger partial charge in [-0.1, -0.05) is 11.6 Å². The third kappa shape index (κ3) is 2.73. The van der Waals surface area contributed by atoms with Crippen molar-refractivity contribution in [1.82, 2.24) is 9.88 Å². The molecule has 5 heteroatoms. The SMILES string of the molecule is Cc1cc(Cl)cc2cc(C(=O)N3CC[C@H](CO)C[C@@H]3C)[nH]c12. The van der Waals surface area contributed by atoms with E-state index in [-0.39, 0.29) is 18.6 Å². The molecule has 1 aliphatic heterocycles. The number of rotatable bonds is 2. The molecule has 118 valence electrons. The molecule has 1 aromatic heterocycles. The summed E-state index contributed by atoms with van der Waals surface area (Å²) in [5, 5.41) is 10.9. The normalized spacial score (nSPS) is 22.3. The summed E-state index contributed by atoms with van der Waals surface area (Å²) in [7, 11) is 0. The number of fused-ring (bicyclic) bond motifs is 1. The molecule has 0 spiro atoms. The van der Waals surface area contributed by atoms with Gasteiger partial charge in [0.05, 0.1) is 0 Å². The second kappa shape index (κ2) is 5.94. The van der Waals surface area contributed by atoms with Gasteiger partial charge in [0.25, 0.3) is 5.91 Å². The summed E-state index contributed by atoms with van der Waals surface area (Å²) in [5.74, 6) is 0.332. The summed E-state index contributed by atoms with van der Waals surface area (Å²) in [6, 6.07) is 5.79. The Morgan fingerprint density at radius 2 is 2.23 bits per heavy atom. The Hall–Kier alpha value is -1.52. The van der Waals surface area contributed by atoms with Gasteiger partial charge in [-0.05, 0) is 56.4 Å². The van der Waals surface area contributed by atoms with E-state index < -0.39 is 0 Å². The number of carbonyl (C=O) groups is 1. The number of carbonyl (C=O) groups excluding carboxylic acids is 1. The molecule has 3 rings (SSSR count). The van der Waals surface area contributed by atoms with Crippen LogP contribution in [-0.2, 0) is 0 Å². The highest BCUT2D eigenvalue weighted by Crippen LogP contribution is 2.27. The second-order valence-corrected chi connectivity index (χ2v) is 6.73. The van der Waals surface area contributed by atoms with Crippen LogP contribution < -0.4 is 0 Å². The molecule has 1 saturated heterocycles. The zero-order valence-electron chi connectivity index (χ0n) is 12.9. The third-order valence-electron chi connectivity index (χ3n) is 4.62. The van der Waals surface area contributed by atoms with Crippen LogP contribution in [0.25, 0.3) is 10.9 Å². The van der Waals surface area contributed by atoms with Crippen molar-refractivity contribution in [3.8, 4) is 0 Å². The first kappa shape index (κ1) is 15.4. The van der Waals surface area contributed by atoms with Gasteiger partial charge < -0.3 is 15.0 Å². The Bertz CT molecular complexity index is 710. The van der Waals surface area contributed by atoms with Crippen molar-refractivity contribution in [2.45, 2.75) is 32.7 Å². The maximum absolute atomic E-state index is 12.8. The predicted octanol–water partition coefficient (Wildman–Crippen LogP) is 3.36. The molecule has 0 saturated carbocycles. The quantitative estimate of drug-likeness (QED) is 0.891. The molecule has 4 nitrogen and oxygen atoms in total. The lowest BCUT2D eigenvalue weighted by Crippen LogP contribution is -2.45. The number of benzene rings is 1. The van der Waals surface area contributed by atoms with E-state index in [2.05, 4.69) is 4.98 Å². The Labute approximate surface area is 135 Å². The van der Waals surface area contributed by atoms with Crippen LogP contribution in [0.5, 0.6) is 0 Å². The van der Waals surface area contributed by atoms with Gasteiger partial charge in [-0.15, -0.1) is 0 Å². The molecule has 2 N–H and O–H groups in total. The molecule has 1 fully saturated rings. The van der Waals surface area contributed by atoms with E-state index >= 15 is 0 Å². The highest BCUT2D eigenvalue weighted by molar-refractivity contribution is 6.31. The maximum atomic E-state index is 12.8. The van der Waals surface area contributed by atoms with Crippen molar-refractivity contribution in [3.05, 3.63) is 34.5 Å². The van der Waals surface area contributed by atoms with Crippen LogP contribution in [0.3, 0.4) is 0 Å². The van der Waals surface area contributed by atoms with Crippen LogP contribution in [0.4, 0.5) is 0 Å². The summed E-state index contributed by atoms with van der Waals surface area (Å²) in [6.07, 6.45) is 1.71. The number of H-pyrrole nitrogens is 1. The molecular weight excluding hydrogens is 300 g/mol. The van der Waals surface area contributed by atoms with Gasteiger partial charge in [-0.2, -0.15) is 0 Å². The summed E-state index contributed by atoms with van der Waals surface area (Å²) in [5.41, 5.74) is 2.61. The first-order valence-electron chi connectivity index (χ1n) is 7.70. The lowest BCUT2D eigenvalue weighted by atomic mass is 9.92. The number of hydrogen-bond donors (Lipinski definition) is 2. The van der Waals surface area contributed by atoms with Crippen molar-refractivity contribution >= 4 is 28.4 Å². The van der Waals surface area contributed by atoms with E-state index in [0.29, 0.717) is 23.2 Å². The van der Waals surface area contributed by atoms with Crippen LogP contribution in [0.15, 0.2) is 18.2 Å². The molecule has 0 bridgehead atoms. The second-order valence-electron chi connectivity index (χ2n) is 6.29. The van der Waals surface area contributed by atoms with Gasteiger partial charge in [0.1, 0.15) is 5.69 Å². The summed E-state index contributed by atoms with van der Waals surface area (Å²) >= 11 is 6.08. The minimum atomic E-state index is 0.0237. The van der Waals surface area contributed by atoms with E-state index in [9.17, 15) is 9.90 Å². The number of nitrogens with zero attached hydrogens (tertiary/aromatic N) is 1. The smallest absolute Gasteiger partial charge is 0.270 e. The topological polar surface area (TPSA) is 56.3 Å². The molecule has 22 heavy (non-hydrogen) atoms. The molecule has 0 aliphatic carbocycles. The van der Waals surface area contributed by atoms with Crippen molar-refractivity contribution in [2.75, 3.05) is 13.2 Å². The molecule has 2 heterocycles. The van der Waals surface area contributed by atoms with Gasteiger partial charge in [-0.3, -0.25) is 4.79 Å². The zero-order chi connectivity index (χ0) is 15.9. The predicted molar refractivity (Wildman–Crippen MR) is 88.4 cm³/mol. The number of halogens is 1. The Morgan fingerprint density at radius 3 is 2.91 bits per heavy atom. The molecule has 2 atom stereocenters. The summed E-state index contributed by atoms with van der Waals surface area (Å²) in [4.78, 5) is 17.9. The first-order valence-corrected chi connectivity index (χ1v) is 8.08. The van der Waals surface area contributed by atoms with Gasteiger partial charge in [0, 0.05) is 35.1 Å². The van der Waals surface area contributed by atoms with Crippen LogP contribution >= 0.6 is 11.6 Å². The number of aromatic nitrogens is 1. The minimum absolute atomic E-state index is 0.0237. The van der Waals surface area contributed by atoms with E-state index in [1.165, 1.54) is 0 Å². The van der Waals surface area contributed by atoms with E-state index in [1.807, 2.05) is 36.9 Å². The number of aryl methyl sites for hydroxylation is 1. The van der Waals surface area contributed by atoms with Gasteiger partial charge in [0.2, 0.25) is 0 Å². The lowest BCUT2D eigenvalue weighted by Gasteiger charge is -2.36. The molecule has 1 aromatic carbocycles. The van der Waals surface area contributed by atoms with Crippen molar-refractivity contribution < 1.29 is 9.90 Å². The van der Waals surface area contributed by atoms with Gasteiger partial charge >= 0.3 is 0 Å². The number of aromatic amines is 1. The van der Waals surface area contributed by atoms with Crippen LogP contribution in [0.1, 0.15) is 35.8 Å². The fraction of sp³-hybridized carbons (Fsp3) is 0.471. The Kier molecular flexibility index (Phi) is 4.15. The number of aliphatic hydroxyl groups excluding tert-OH is 1. The zero-order valence-corrected chi connectivity index (χ0v) is 13.7. The lowest BCUT2D eigenvalue weighted by molar-refractivity contribution is 0.0510. The maximum Gasteiger partial charge on any atom is 0.270 e. The fourth-order valence-electron chi connectivity index (χ4n) is 3.39. The summed E-state index contributed by atoms with van der Waals surface area (Å²) < 4.78 is 0. The van der Waals surface area contributed by atoms with Crippen LogP contribution in [0.2, 0.25) is 5.02 Å². The number of aliphatic hydroxyl groups is 1. The number of likely N-dealkylation sites (tertiary alicyclic amines) is 1. The third-order valence-corrected chi connectivity index (χ3v) is 4.84. The molecular formula is C17H21ClN2O2. The number of nitrogens with one attached hydrogen (secondary N) is 1. The first-order chi connectivity index (χ1) is 10.5. The molecule has 0 unspecified atom stereocenters. The van der Waals surface area contributed by atoms with Gasteiger partial charge in [0.15, 0.2) is 0 Å². The fourth-order valence-corrected chi connectivity index (χ4v) is 3.67. The van der Waals surface area contributed by atoms with Crippen molar-refractivity contribution in [3.63, 3.8) is 0 Å². The Balaban J connectivity index is 1.88. The van der Waals surface area contributed by atoms with Crippen molar-refractivity contribution in [2.24, 2.45) is 5.92 Å². The average molecular weight is 321 g/mol. The number of piperidine rings is 1. The van der Waals surface area contributed by atoms with E-state index in [1.54, 1.807) is 0 Å². The Morgan fingerprint density at radius 1 is 1.45 bits per heavy atom. The summed E-state index contributed by atoms with van der Waals surface area (Å²) in [6.45, 7) is 4.93. The van der Waals surface area contributed by atoms with Crippen LogP contribution in [0, 0.1) is 12.8 Å². The number of hydrogen-bond acceptors (Lipinski definition) is 2. The van der Waals surface area contributed by atoms with E-state index in [4.69, 9.17) is 11.6 Å². The molecule has 1 amide bonds. The average Bonchev–Trinajstić information content (AvgIpc) is 2.90. The highest BCUT2D eigenvalue weighted by Gasteiger charge is 2.29. The largest absolute Gasteiger partial charge is 0.396 e. The molecule has 1 aliphatic rings. The van der Waals surface area contributed by atoms with Crippen molar-refractivity contribution in [1.29, 1.82) is 0 Å².